The summed E-state index contributed by atoms with van der Waals surface area (Å²) < 4.78 is 16.3. The van der Waals surface area contributed by atoms with Crippen molar-refractivity contribution in [2.24, 2.45) is 0 Å². The molecular weight excluding hydrogens is 292 g/mol. The van der Waals surface area contributed by atoms with Crippen molar-refractivity contribution in [1.29, 1.82) is 0 Å². The molecule has 1 heterocycles. The van der Waals surface area contributed by atoms with Gasteiger partial charge in [0.2, 0.25) is 0 Å². The van der Waals surface area contributed by atoms with Gasteiger partial charge in [-0.05, 0) is 30.7 Å². The third kappa shape index (κ3) is 3.88. The molecule has 0 aromatic heterocycles. The van der Waals surface area contributed by atoms with Crippen LogP contribution in [0.4, 0.5) is 0 Å². The molecule has 1 saturated heterocycles. The van der Waals surface area contributed by atoms with Crippen LogP contribution in [0.3, 0.4) is 0 Å². The van der Waals surface area contributed by atoms with Crippen LogP contribution in [0.1, 0.15) is 13.3 Å². The number of benzene rings is 1. The Hall–Kier alpha value is -1.38. The highest BCUT2D eigenvalue weighted by molar-refractivity contribution is 5.30. The summed E-state index contributed by atoms with van der Waals surface area (Å²) in [6.07, 6.45) is -4.59. The van der Waals surface area contributed by atoms with Gasteiger partial charge in [0.15, 0.2) is 12.4 Å². The molecule has 0 spiro atoms. The van der Waals surface area contributed by atoms with E-state index in [4.69, 9.17) is 14.2 Å². The normalized spacial score (nSPS) is 31.9. The van der Waals surface area contributed by atoms with E-state index in [1.54, 1.807) is 0 Å². The summed E-state index contributed by atoms with van der Waals surface area (Å²) in [4.78, 5) is 0. The van der Waals surface area contributed by atoms with Gasteiger partial charge >= 0.3 is 0 Å². The summed E-state index contributed by atoms with van der Waals surface area (Å²) in [5.41, 5.74) is 0. The number of aromatic hydroxyl groups is 1. The molecule has 5 atom stereocenters. The molecule has 7 heteroatoms. The van der Waals surface area contributed by atoms with Gasteiger partial charge in [0.05, 0.1) is 6.61 Å². The molecular formula is C15H22O7. The van der Waals surface area contributed by atoms with Gasteiger partial charge in [0.25, 0.3) is 0 Å². The molecule has 0 aliphatic carbocycles. The minimum Gasteiger partial charge on any atom is -0.508 e. The molecule has 1 fully saturated rings. The smallest absolute Gasteiger partial charge is 0.187 e. The van der Waals surface area contributed by atoms with E-state index in [1.807, 2.05) is 6.92 Å². The van der Waals surface area contributed by atoms with Crippen LogP contribution in [-0.4, -0.2) is 64.3 Å². The number of hydrogen-bond acceptors (Lipinski definition) is 7. The molecule has 1 aliphatic rings. The standard InChI is InChI=1S/C15H22O7/c1-2-7-20-15-13(19)14(12(18)11(8-16)22-15)21-10-5-3-9(17)4-6-10/h3-6,11-19H,2,7-8H2,1H3/t11?,12-,13?,14?,15+/m1/s1. The van der Waals surface area contributed by atoms with Crippen LogP contribution in [0.25, 0.3) is 0 Å². The van der Waals surface area contributed by atoms with E-state index in [0.29, 0.717) is 12.4 Å². The Balaban J connectivity index is 2.12. The first kappa shape index (κ1) is 17.0. The number of aliphatic hydroxyl groups excluding tert-OH is 3. The van der Waals surface area contributed by atoms with Crippen LogP contribution < -0.4 is 4.74 Å². The van der Waals surface area contributed by atoms with Gasteiger partial charge in [-0.3, -0.25) is 0 Å². The van der Waals surface area contributed by atoms with Crippen LogP contribution in [0, 0.1) is 0 Å². The van der Waals surface area contributed by atoms with Crippen molar-refractivity contribution in [1.82, 2.24) is 0 Å². The van der Waals surface area contributed by atoms with Crippen LogP contribution in [0.15, 0.2) is 24.3 Å². The fourth-order valence-corrected chi connectivity index (χ4v) is 2.25. The van der Waals surface area contributed by atoms with E-state index in [-0.39, 0.29) is 5.75 Å². The minimum atomic E-state index is -1.21. The lowest BCUT2D eigenvalue weighted by molar-refractivity contribution is -0.296. The van der Waals surface area contributed by atoms with Crippen molar-refractivity contribution >= 4 is 0 Å². The quantitative estimate of drug-likeness (QED) is 0.585. The molecule has 0 bridgehead atoms. The summed E-state index contributed by atoms with van der Waals surface area (Å²) >= 11 is 0. The molecule has 7 nitrogen and oxygen atoms in total. The number of rotatable bonds is 6. The van der Waals surface area contributed by atoms with Gasteiger partial charge in [-0.1, -0.05) is 6.92 Å². The Morgan fingerprint density at radius 3 is 2.41 bits per heavy atom. The van der Waals surface area contributed by atoms with Crippen LogP contribution in [0.5, 0.6) is 11.5 Å². The highest BCUT2D eigenvalue weighted by Gasteiger charge is 2.46. The van der Waals surface area contributed by atoms with E-state index in [1.165, 1.54) is 24.3 Å². The van der Waals surface area contributed by atoms with Crippen molar-refractivity contribution in [3.05, 3.63) is 24.3 Å². The maximum absolute atomic E-state index is 10.3. The number of phenolic OH excluding ortho intramolecular Hbond substituents is 1. The summed E-state index contributed by atoms with van der Waals surface area (Å²) in [7, 11) is 0. The summed E-state index contributed by atoms with van der Waals surface area (Å²) in [5, 5.41) is 39.0. The minimum absolute atomic E-state index is 0.0813. The lowest BCUT2D eigenvalue weighted by atomic mass is 9.99. The molecule has 3 unspecified atom stereocenters. The molecule has 0 amide bonds. The Kier molecular flexibility index (Phi) is 5.98. The van der Waals surface area contributed by atoms with E-state index in [9.17, 15) is 20.4 Å². The highest BCUT2D eigenvalue weighted by Crippen LogP contribution is 2.27. The molecule has 1 aromatic carbocycles. The lowest BCUT2D eigenvalue weighted by Crippen LogP contribution is -2.61. The number of hydrogen-bond donors (Lipinski definition) is 4. The van der Waals surface area contributed by atoms with Crippen molar-refractivity contribution in [3.8, 4) is 11.5 Å². The first-order valence-electron chi connectivity index (χ1n) is 7.26. The number of aliphatic hydroxyl groups is 3. The van der Waals surface area contributed by atoms with E-state index >= 15 is 0 Å². The molecule has 2 rings (SSSR count). The first-order chi connectivity index (χ1) is 10.6. The molecule has 124 valence electrons. The fraction of sp³-hybridized carbons (Fsp3) is 0.600. The summed E-state index contributed by atoms with van der Waals surface area (Å²) in [6.45, 7) is 1.87. The highest BCUT2D eigenvalue weighted by atomic mass is 16.7. The van der Waals surface area contributed by atoms with Gasteiger partial charge in [-0.25, -0.2) is 0 Å². The SMILES string of the molecule is CCCO[C@H]1OC(CO)[C@@H](O)C(Oc2ccc(O)cc2)C1O. The second-order valence-electron chi connectivity index (χ2n) is 5.15. The number of phenols is 1. The summed E-state index contributed by atoms with van der Waals surface area (Å²) in [6, 6.07) is 5.89. The third-order valence-electron chi connectivity index (χ3n) is 3.42. The Labute approximate surface area is 128 Å². The summed E-state index contributed by atoms with van der Waals surface area (Å²) in [5.74, 6) is 0.451. The van der Waals surface area contributed by atoms with Gasteiger partial charge in [-0.15, -0.1) is 0 Å². The van der Waals surface area contributed by atoms with Crippen molar-refractivity contribution in [3.63, 3.8) is 0 Å². The first-order valence-corrected chi connectivity index (χ1v) is 7.26. The van der Waals surface area contributed by atoms with Gasteiger partial charge in [-0.2, -0.15) is 0 Å². The van der Waals surface area contributed by atoms with Gasteiger partial charge in [0, 0.05) is 6.61 Å². The maximum atomic E-state index is 10.3. The van der Waals surface area contributed by atoms with E-state index in [0.717, 1.165) is 6.42 Å². The second-order valence-corrected chi connectivity index (χ2v) is 5.15. The van der Waals surface area contributed by atoms with Crippen molar-refractivity contribution < 1.29 is 34.6 Å². The zero-order chi connectivity index (χ0) is 16.1. The Morgan fingerprint density at radius 2 is 1.82 bits per heavy atom. The monoisotopic (exact) mass is 314 g/mol. The van der Waals surface area contributed by atoms with Crippen LogP contribution in [0.2, 0.25) is 0 Å². The zero-order valence-electron chi connectivity index (χ0n) is 12.3. The van der Waals surface area contributed by atoms with Crippen LogP contribution in [-0.2, 0) is 9.47 Å². The number of ether oxygens (including phenoxy) is 3. The van der Waals surface area contributed by atoms with Gasteiger partial charge < -0.3 is 34.6 Å². The lowest BCUT2D eigenvalue weighted by Gasteiger charge is -2.41. The average Bonchev–Trinajstić information content (AvgIpc) is 2.52. The van der Waals surface area contributed by atoms with Crippen molar-refractivity contribution in [2.75, 3.05) is 13.2 Å². The molecule has 22 heavy (non-hydrogen) atoms. The zero-order valence-corrected chi connectivity index (χ0v) is 12.3. The Bertz CT molecular complexity index is 450. The fourth-order valence-electron chi connectivity index (χ4n) is 2.25. The molecule has 4 N–H and O–H groups in total. The van der Waals surface area contributed by atoms with E-state index in [2.05, 4.69) is 0 Å². The van der Waals surface area contributed by atoms with Gasteiger partial charge in [0.1, 0.15) is 29.8 Å². The van der Waals surface area contributed by atoms with Crippen molar-refractivity contribution in [2.45, 2.75) is 44.1 Å². The topological polar surface area (TPSA) is 109 Å². The predicted molar refractivity (Wildman–Crippen MR) is 76.5 cm³/mol. The van der Waals surface area contributed by atoms with E-state index < -0.39 is 37.3 Å². The second kappa shape index (κ2) is 7.75. The third-order valence-corrected chi connectivity index (χ3v) is 3.42. The molecule has 1 aliphatic heterocycles. The Morgan fingerprint density at radius 1 is 1.14 bits per heavy atom. The molecule has 0 saturated carbocycles. The molecule has 0 radical (unpaired) electrons. The largest absolute Gasteiger partial charge is 0.508 e. The average molecular weight is 314 g/mol. The maximum Gasteiger partial charge on any atom is 0.187 e. The van der Waals surface area contributed by atoms with Crippen LogP contribution >= 0.6 is 0 Å². The molecule has 1 aromatic rings. The predicted octanol–water partition coefficient (Wildman–Crippen LogP) is 0.00520.